The molecule has 0 aliphatic heterocycles. The van der Waals surface area contributed by atoms with Gasteiger partial charge in [0.05, 0.1) is 0 Å². The van der Waals surface area contributed by atoms with Crippen LogP contribution in [0.5, 0.6) is 0 Å². The van der Waals surface area contributed by atoms with E-state index in [1.54, 1.807) is 0 Å². The molecule has 1 aromatic carbocycles. The van der Waals surface area contributed by atoms with E-state index in [0.717, 1.165) is 18.7 Å². The topological polar surface area (TPSA) is 12.0 Å². The summed E-state index contributed by atoms with van der Waals surface area (Å²) in [7, 11) is 0. The Balaban J connectivity index is 0. The van der Waals surface area contributed by atoms with Gasteiger partial charge in [-0.25, -0.2) is 0 Å². The maximum Gasteiger partial charge on any atom is 0 e. The Kier molecular flexibility index (Phi) is 13.7. The van der Waals surface area contributed by atoms with Crippen molar-refractivity contribution in [2.75, 3.05) is 13.1 Å². The minimum Gasteiger partial charge on any atom is -0.376 e. The van der Waals surface area contributed by atoms with Crippen molar-refractivity contribution in [2.45, 2.75) is 0 Å². The Bertz CT molecular complexity index is 173. The van der Waals surface area contributed by atoms with Gasteiger partial charge in [0.25, 0.3) is 0 Å². The fourth-order valence-corrected chi connectivity index (χ4v) is 0.603. The van der Waals surface area contributed by atoms with Crippen LogP contribution in [0.2, 0.25) is 0 Å². The van der Waals surface area contributed by atoms with Crippen molar-refractivity contribution in [1.82, 2.24) is 5.32 Å². The first-order chi connectivity index (χ1) is 5.81. The van der Waals surface area contributed by atoms with Crippen molar-refractivity contribution in [1.29, 1.82) is 0 Å². The van der Waals surface area contributed by atoms with Crippen molar-refractivity contribution in [3.05, 3.63) is 56.7 Å². The smallest absolute Gasteiger partial charge is 0 e. The molecular weight excluding hydrogens is 330 g/mol. The number of hydrogen-bond donors (Lipinski definition) is 1. The maximum absolute atomic E-state index is 3.72. The van der Waals surface area contributed by atoms with Crippen LogP contribution < -0.4 is 5.32 Å². The third kappa shape index (κ3) is 11.7. The van der Waals surface area contributed by atoms with Gasteiger partial charge < -0.3 is 19.2 Å². The van der Waals surface area contributed by atoms with E-state index in [9.17, 15) is 0 Å². The van der Waals surface area contributed by atoms with Crippen LogP contribution in [0.25, 0.3) is 0 Å². The van der Waals surface area contributed by atoms with Gasteiger partial charge >= 0.3 is 0 Å². The first-order valence-corrected chi connectivity index (χ1v) is 3.97. The van der Waals surface area contributed by atoms with E-state index in [2.05, 4.69) is 26.1 Å². The van der Waals surface area contributed by atoms with Crippen molar-refractivity contribution < 1.29 is 21.1 Å². The molecule has 0 spiro atoms. The first-order valence-electron chi connectivity index (χ1n) is 3.97. The Labute approximate surface area is 96.2 Å². The van der Waals surface area contributed by atoms with Crippen molar-refractivity contribution >= 4 is 0 Å². The molecular formula is C11H16NW-3. The van der Waals surface area contributed by atoms with Crippen LogP contribution >= 0.6 is 0 Å². The number of nitrogens with one attached hydrogen (secondary N) is 1. The summed E-state index contributed by atoms with van der Waals surface area (Å²) in [6.07, 6.45) is 0. The molecule has 2 heteroatoms. The van der Waals surface area contributed by atoms with E-state index in [1.807, 2.05) is 30.3 Å². The Morgan fingerprint density at radius 3 is 1.62 bits per heavy atom. The Hall–Kier alpha value is -0.262. The number of rotatable bonds is 2. The van der Waals surface area contributed by atoms with Crippen molar-refractivity contribution in [2.24, 2.45) is 0 Å². The van der Waals surface area contributed by atoms with E-state index in [1.165, 1.54) is 0 Å². The van der Waals surface area contributed by atoms with E-state index >= 15 is 0 Å². The molecule has 0 aliphatic rings. The molecule has 0 heterocycles. The first kappa shape index (κ1) is 15.2. The second-order valence-electron chi connectivity index (χ2n) is 2.24. The quantitative estimate of drug-likeness (QED) is 0.809. The molecule has 74 valence electrons. The summed E-state index contributed by atoms with van der Waals surface area (Å²) in [4.78, 5) is 0. The summed E-state index contributed by atoms with van der Waals surface area (Å²) in [5.74, 6) is 0. The van der Waals surface area contributed by atoms with Gasteiger partial charge in [-0.2, -0.15) is 24.6 Å². The Morgan fingerprint density at radius 2 is 1.46 bits per heavy atom. The van der Waals surface area contributed by atoms with Crippen molar-refractivity contribution in [3.8, 4) is 0 Å². The van der Waals surface area contributed by atoms with Gasteiger partial charge in [-0.3, -0.25) is 0 Å². The van der Waals surface area contributed by atoms with Crippen molar-refractivity contribution in [3.63, 3.8) is 0 Å². The molecule has 0 bridgehead atoms. The average Bonchev–Trinajstić information content (AvgIpc) is 2.08. The molecule has 0 saturated carbocycles. The summed E-state index contributed by atoms with van der Waals surface area (Å²) in [5.41, 5.74) is 1.07. The largest absolute Gasteiger partial charge is 0.376 e. The number of hydrogen-bond acceptors (Lipinski definition) is 1. The Morgan fingerprint density at radius 1 is 1.00 bits per heavy atom. The normalized spacial score (nSPS) is 7.85. The van der Waals surface area contributed by atoms with Gasteiger partial charge in [-0.1, -0.05) is 6.07 Å². The minimum atomic E-state index is 0. The second-order valence-corrected chi connectivity index (χ2v) is 2.24. The van der Waals surface area contributed by atoms with Crippen LogP contribution in [0, 0.1) is 20.8 Å². The molecule has 1 nitrogen and oxygen atoms in total. The molecule has 0 saturated heterocycles. The van der Waals surface area contributed by atoms with Gasteiger partial charge in [-0.05, 0) is 0 Å². The molecule has 13 heavy (non-hydrogen) atoms. The SMILES string of the molecule is [CH2-]CNC[CH2-].[CH2-]c1ccccc1.[W]. The summed E-state index contributed by atoms with van der Waals surface area (Å²) in [5, 5.41) is 2.89. The molecule has 1 N–H and O–H groups in total. The molecule has 0 fully saturated rings. The fraction of sp³-hybridized carbons (Fsp3) is 0.182. The standard InChI is InChI=1S/C7H7.C4H9N.W/c1-7-5-3-2-4-6-7;1-3-5-4-2;/h2-6H,1H2;5H,1-4H2;/q-1;-2;. The van der Waals surface area contributed by atoms with Gasteiger partial charge in [0.15, 0.2) is 0 Å². The molecule has 1 aromatic rings. The van der Waals surface area contributed by atoms with Crippen LogP contribution in [0.1, 0.15) is 5.56 Å². The summed E-state index contributed by atoms with van der Waals surface area (Å²) >= 11 is 0. The third-order valence-corrected chi connectivity index (χ3v) is 1.20. The van der Waals surface area contributed by atoms with E-state index in [0.29, 0.717) is 0 Å². The zero-order valence-electron chi connectivity index (χ0n) is 7.83. The molecule has 0 atom stereocenters. The molecule has 0 radical (unpaired) electrons. The van der Waals surface area contributed by atoms with Gasteiger partial charge in [-0.15, -0.1) is 25.2 Å². The maximum atomic E-state index is 3.72. The van der Waals surface area contributed by atoms with E-state index in [4.69, 9.17) is 0 Å². The monoisotopic (exact) mass is 346 g/mol. The average molecular weight is 346 g/mol. The van der Waals surface area contributed by atoms with Crippen LogP contribution in [0.3, 0.4) is 0 Å². The molecule has 0 amide bonds. The van der Waals surface area contributed by atoms with Crippen LogP contribution in [0.4, 0.5) is 0 Å². The predicted octanol–water partition coefficient (Wildman–Crippen LogP) is 2.11. The predicted molar refractivity (Wildman–Crippen MR) is 54.5 cm³/mol. The fourth-order valence-electron chi connectivity index (χ4n) is 0.603. The third-order valence-electron chi connectivity index (χ3n) is 1.20. The minimum absolute atomic E-state index is 0. The van der Waals surface area contributed by atoms with Crippen LogP contribution in [-0.2, 0) is 21.1 Å². The van der Waals surface area contributed by atoms with E-state index in [-0.39, 0.29) is 21.1 Å². The molecule has 0 aliphatic carbocycles. The summed E-state index contributed by atoms with van der Waals surface area (Å²) < 4.78 is 0. The summed E-state index contributed by atoms with van der Waals surface area (Å²) in [6.45, 7) is 12.3. The van der Waals surface area contributed by atoms with Crippen LogP contribution in [-0.4, -0.2) is 13.1 Å². The summed E-state index contributed by atoms with van der Waals surface area (Å²) in [6, 6.07) is 9.87. The van der Waals surface area contributed by atoms with E-state index < -0.39 is 0 Å². The zero-order valence-corrected chi connectivity index (χ0v) is 10.8. The molecule has 0 aromatic heterocycles. The molecule has 0 unspecified atom stereocenters. The second kappa shape index (κ2) is 11.7. The van der Waals surface area contributed by atoms with Gasteiger partial charge in [0.2, 0.25) is 0 Å². The zero-order chi connectivity index (χ0) is 9.23. The van der Waals surface area contributed by atoms with Crippen LogP contribution in [0.15, 0.2) is 30.3 Å². The molecule has 1 rings (SSSR count). The van der Waals surface area contributed by atoms with Gasteiger partial charge in [0, 0.05) is 21.1 Å². The van der Waals surface area contributed by atoms with Gasteiger partial charge in [0.1, 0.15) is 0 Å². The number of benzene rings is 1.